The van der Waals surface area contributed by atoms with E-state index in [9.17, 15) is 8.42 Å². The van der Waals surface area contributed by atoms with E-state index in [1.807, 2.05) is 19.1 Å². The van der Waals surface area contributed by atoms with Crippen LogP contribution in [0.1, 0.15) is 45.1 Å². The summed E-state index contributed by atoms with van der Waals surface area (Å²) in [5, 5.41) is 3.44. The number of sulfonamides is 1. The van der Waals surface area contributed by atoms with Gasteiger partial charge < -0.3 is 5.32 Å². The smallest absolute Gasteiger partial charge is 0.240 e. The van der Waals surface area contributed by atoms with Crippen LogP contribution < -0.4 is 10.0 Å². The van der Waals surface area contributed by atoms with Crippen molar-refractivity contribution in [3.8, 4) is 0 Å². The maximum Gasteiger partial charge on any atom is 0.240 e. The standard InChI is InChI=1S/C15H26N2O2S/c1-5-7-8-13(6-2)17-14-10-9-12(3)15(11-14)20(18,19)16-4/h9-11,13,16-17H,5-8H2,1-4H3. The molecule has 0 radical (unpaired) electrons. The molecule has 0 heterocycles. The monoisotopic (exact) mass is 298 g/mol. The summed E-state index contributed by atoms with van der Waals surface area (Å²) >= 11 is 0. The zero-order chi connectivity index (χ0) is 15.2. The van der Waals surface area contributed by atoms with Crippen LogP contribution in [0.4, 0.5) is 5.69 Å². The van der Waals surface area contributed by atoms with E-state index in [1.165, 1.54) is 19.9 Å². The summed E-state index contributed by atoms with van der Waals surface area (Å²) in [7, 11) is -1.97. The SMILES string of the molecule is CCCCC(CC)Nc1ccc(C)c(S(=O)(=O)NC)c1. The molecule has 20 heavy (non-hydrogen) atoms. The molecule has 0 saturated heterocycles. The van der Waals surface area contributed by atoms with Gasteiger partial charge in [-0.25, -0.2) is 13.1 Å². The van der Waals surface area contributed by atoms with E-state index in [0.717, 1.165) is 24.1 Å². The van der Waals surface area contributed by atoms with Crippen molar-refractivity contribution in [2.45, 2.75) is 57.4 Å². The van der Waals surface area contributed by atoms with Crippen molar-refractivity contribution < 1.29 is 8.42 Å². The van der Waals surface area contributed by atoms with E-state index in [0.29, 0.717) is 10.9 Å². The third-order valence-electron chi connectivity index (χ3n) is 3.52. The highest BCUT2D eigenvalue weighted by Crippen LogP contribution is 2.21. The third-order valence-corrected chi connectivity index (χ3v) is 5.07. The van der Waals surface area contributed by atoms with Gasteiger partial charge in [-0.1, -0.05) is 32.8 Å². The molecule has 1 aromatic carbocycles. The van der Waals surface area contributed by atoms with Crippen LogP contribution in [0.25, 0.3) is 0 Å². The minimum atomic E-state index is -3.40. The highest BCUT2D eigenvalue weighted by Gasteiger charge is 2.15. The van der Waals surface area contributed by atoms with Crippen LogP contribution in [0.15, 0.2) is 23.1 Å². The van der Waals surface area contributed by atoms with Crippen LogP contribution in [-0.2, 0) is 10.0 Å². The molecule has 5 heteroatoms. The van der Waals surface area contributed by atoms with Crippen molar-refractivity contribution in [2.24, 2.45) is 0 Å². The van der Waals surface area contributed by atoms with E-state index < -0.39 is 10.0 Å². The van der Waals surface area contributed by atoms with Crippen LogP contribution in [0.2, 0.25) is 0 Å². The van der Waals surface area contributed by atoms with E-state index in [-0.39, 0.29) is 0 Å². The minimum absolute atomic E-state index is 0.343. The number of aryl methyl sites for hydroxylation is 1. The normalized spacial score (nSPS) is 13.2. The molecule has 114 valence electrons. The predicted octanol–water partition coefficient (Wildman–Crippen LogP) is 3.28. The Kier molecular flexibility index (Phi) is 6.49. The van der Waals surface area contributed by atoms with E-state index in [1.54, 1.807) is 6.07 Å². The molecule has 1 rings (SSSR count). The van der Waals surface area contributed by atoms with Gasteiger partial charge >= 0.3 is 0 Å². The maximum absolute atomic E-state index is 12.0. The molecule has 0 amide bonds. The molecular formula is C15H26N2O2S. The Bertz CT molecular complexity index is 527. The lowest BCUT2D eigenvalue weighted by atomic mass is 10.1. The second-order valence-electron chi connectivity index (χ2n) is 5.08. The van der Waals surface area contributed by atoms with Crippen LogP contribution in [0.3, 0.4) is 0 Å². The van der Waals surface area contributed by atoms with Crippen molar-refractivity contribution in [3.05, 3.63) is 23.8 Å². The molecular weight excluding hydrogens is 272 g/mol. The number of benzene rings is 1. The van der Waals surface area contributed by atoms with E-state index >= 15 is 0 Å². The fourth-order valence-corrected chi connectivity index (χ4v) is 3.15. The molecule has 0 saturated carbocycles. The van der Waals surface area contributed by atoms with Crippen molar-refractivity contribution in [1.82, 2.24) is 4.72 Å². The summed E-state index contributed by atoms with van der Waals surface area (Å²) in [5.41, 5.74) is 1.62. The molecule has 2 N–H and O–H groups in total. The van der Waals surface area contributed by atoms with Gasteiger partial charge in [0.1, 0.15) is 0 Å². The molecule has 0 aromatic heterocycles. The number of unbranched alkanes of at least 4 members (excludes halogenated alkanes) is 1. The van der Waals surface area contributed by atoms with Crippen molar-refractivity contribution >= 4 is 15.7 Å². The average molecular weight is 298 g/mol. The lowest BCUT2D eigenvalue weighted by Crippen LogP contribution is -2.21. The van der Waals surface area contributed by atoms with Gasteiger partial charge in [-0.15, -0.1) is 0 Å². The first-order valence-corrected chi connectivity index (χ1v) is 8.73. The van der Waals surface area contributed by atoms with E-state index in [4.69, 9.17) is 0 Å². The fraction of sp³-hybridized carbons (Fsp3) is 0.600. The molecule has 4 nitrogen and oxygen atoms in total. The summed E-state index contributed by atoms with van der Waals surface area (Å²) in [5.74, 6) is 0. The van der Waals surface area contributed by atoms with Gasteiger partial charge in [-0.3, -0.25) is 0 Å². The lowest BCUT2D eigenvalue weighted by molar-refractivity contribution is 0.586. The van der Waals surface area contributed by atoms with Gasteiger partial charge in [0.25, 0.3) is 0 Å². The molecule has 0 spiro atoms. The van der Waals surface area contributed by atoms with Gasteiger partial charge in [0.15, 0.2) is 0 Å². The summed E-state index contributed by atoms with van der Waals surface area (Å²) in [6.45, 7) is 6.13. The lowest BCUT2D eigenvalue weighted by Gasteiger charge is -2.19. The third kappa shape index (κ3) is 4.49. The molecule has 0 aliphatic heterocycles. The Balaban J connectivity index is 2.95. The van der Waals surface area contributed by atoms with Crippen LogP contribution in [0.5, 0.6) is 0 Å². The molecule has 0 aliphatic carbocycles. The maximum atomic E-state index is 12.0. The number of anilines is 1. The Hall–Kier alpha value is -1.07. The first-order valence-electron chi connectivity index (χ1n) is 7.25. The zero-order valence-corrected chi connectivity index (χ0v) is 13.7. The minimum Gasteiger partial charge on any atom is -0.382 e. The van der Waals surface area contributed by atoms with Gasteiger partial charge in [0, 0.05) is 11.7 Å². The van der Waals surface area contributed by atoms with Crippen LogP contribution in [0, 0.1) is 6.92 Å². The Morgan fingerprint density at radius 1 is 1.25 bits per heavy atom. The van der Waals surface area contributed by atoms with Crippen LogP contribution in [-0.4, -0.2) is 21.5 Å². The highest BCUT2D eigenvalue weighted by atomic mass is 32.2. The zero-order valence-electron chi connectivity index (χ0n) is 12.9. The Morgan fingerprint density at radius 2 is 1.95 bits per heavy atom. The topological polar surface area (TPSA) is 58.2 Å². The average Bonchev–Trinajstić information content (AvgIpc) is 2.44. The van der Waals surface area contributed by atoms with Gasteiger partial charge in [0.05, 0.1) is 4.90 Å². The number of hydrogen-bond donors (Lipinski definition) is 2. The molecule has 0 fully saturated rings. The Morgan fingerprint density at radius 3 is 2.50 bits per heavy atom. The van der Waals surface area contributed by atoms with Gasteiger partial charge in [-0.05, 0) is 44.5 Å². The molecule has 1 aromatic rings. The predicted molar refractivity (Wildman–Crippen MR) is 84.7 cm³/mol. The Labute approximate surface area is 123 Å². The first-order chi connectivity index (χ1) is 9.44. The molecule has 1 atom stereocenters. The summed E-state index contributed by atoms with van der Waals surface area (Å²) in [4.78, 5) is 0.343. The fourth-order valence-electron chi connectivity index (χ4n) is 2.15. The van der Waals surface area contributed by atoms with Crippen LogP contribution >= 0.6 is 0 Å². The number of nitrogens with one attached hydrogen (secondary N) is 2. The first kappa shape index (κ1) is 17.0. The molecule has 0 aliphatic rings. The highest BCUT2D eigenvalue weighted by molar-refractivity contribution is 7.89. The second kappa shape index (κ2) is 7.64. The van der Waals surface area contributed by atoms with Crippen molar-refractivity contribution in [3.63, 3.8) is 0 Å². The van der Waals surface area contributed by atoms with Gasteiger partial charge in [0.2, 0.25) is 10.0 Å². The number of hydrogen-bond acceptors (Lipinski definition) is 3. The quantitative estimate of drug-likeness (QED) is 0.774. The van der Waals surface area contributed by atoms with Crippen molar-refractivity contribution in [2.75, 3.05) is 12.4 Å². The summed E-state index contributed by atoms with van der Waals surface area (Å²) < 4.78 is 26.3. The van der Waals surface area contributed by atoms with Gasteiger partial charge in [-0.2, -0.15) is 0 Å². The summed E-state index contributed by atoms with van der Waals surface area (Å²) in [6.07, 6.45) is 4.49. The second-order valence-corrected chi connectivity index (χ2v) is 6.93. The largest absolute Gasteiger partial charge is 0.382 e. The summed E-state index contributed by atoms with van der Waals surface area (Å²) in [6, 6.07) is 5.90. The number of rotatable bonds is 8. The molecule has 1 unspecified atom stereocenters. The van der Waals surface area contributed by atoms with E-state index in [2.05, 4.69) is 23.9 Å². The molecule has 0 bridgehead atoms. The van der Waals surface area contributed by atoms with Crippen molar-refractivity contribution in [1.29, 1.82) is 0 Å².